The van der Waals surface area contributed by atoms with E-state index in [0.29, 0.717) is 5.88 Å². The maximum Gasteiger partial charge on any atom is 0.217 e. The van der Waals surface area contributed by atoms with E-state index < -0.39 is 5.60 Å². The molecule has 1 aromatic heterocycles. The van der Waals surface area contributed by atoms with E-state index in [0.717, 1.165) is 55.9 Å². The van der Waals surface area contributed by atoms with E-state index in [9.17, 15) is 5.11 Å². The van der Waals surface area contributed by atoms with E-state index in [-0.39, 0.29) is 11.8 Å². The molecule has 0 spiro atoms. The lowest BCUT2D eigenvalue weighted by atomic mass is 9.62. The first kappa shape index (κ1) is 25.4. The van der Waals surface area contributed by atoms with Crippen molar-refractivity contribution in [3.8, 4) is 5.88 Å². The fraction of sp³-hybridized carbons (Fsp3) is 0.300. The zero-order valence-corrected chi connectivity index (χ0v) is 23.9. The van der Waals surface area contributed by atoms with Gasteiger partial charge in [0.2, 0.25) is 5.88 Å². The highest BCUT2D eigenvalue weighted by atomic mass is 79.9. The van der Waals surface area contributed by atoms with Crippen LogP contribution in [0.5, 0.6) is 5.88 Å². The lowest BCUT2D eigenvalue weighted by Gasteiger charge is -2.48. The average molecular weight is 610 g/mol. The molecule has 5 rings (SSSR count). The summed E-state index contributed by atoms with van der Waals surface area (Å²) in [6, 6.07) is 24.8. The Hall–Kier alpha value is -2.25. The van der Waals surface area contributed by atoms with Gasteiger partial charge in [-0.25, -0.2) is 4.98 Å². The van der Waals surface area contributed by atoms with Crippen LogP contribution < -0.4 is 4.74 Å². The normalized spacial score (nSPS) is 20.4. The number of pyridine rings is 1. The quantitative estimate of drug-likeness (QED) is 0.258. The second-order valence-corrected chi connectivity index (χ2v) is 11.7. The summed E-state index contributed by atoms with van der Waals surface area (Å²) >= 11 is 7.29. The summed E-state index contributed by atoms with van der Waals surface area (Å²) in [6.45, 7) is 0.765. The van der Waals surface area contributed by atoms with Crippen molar-refractivity contribution < 1.29 is 9.84 Å². The molecule has 6 heteroatoms. The first-order chi connectivity index (χ1) is 17.3. The number of hydrogen-bond donors (Lipinski definition) is 1. The molecule has 1 aliphatic carbocycles. The van der Waals surface area contributed by atoms with Crippen LogP contribution in [-0.2, 0) is 12.0 Å². The summed E-state index contributed by atoms with van der Waals surface area (Å²) in [4.78, 5) is 7.07. The molecular formula is C30H30Br2N2O2. The largest absolute Gasteiger partial charge is 0.481 e. The molecule has 3 atom stereocenters. The Kier molecular flexibility index (Phi) is 7.23. The van der Waals surface area contributed by atoms with Gasteiger partial charge in [-0.05, 0) is 80.0 Å². The Bertz CT molecular complexity index is 1390. The Morgan fingerprint density at radius 1 is 1.03 bits per heavy atom. The van der Waals surface area contributed by atoms with Gasteiger partial charge in [-0.2, -0.15) is 0 Å². The topological polar surface area (TPSA) is 45.6 Å². The highest BCUT2D eigenvalue weighted by Crippen LogP contribution is 2.53. The average Bonchev–Trinajstić information content (AvgIpc) is 2.86. The van der Waals surface area contributed by atoms with E-state index in [1.54, 1.807) is 7.11 Å². The second-order valence-electron chi connectivity index (χ2n) is 9.89. The van der Waals surface area contributed by atoms with Crippen LogP contribution in [0.25, 0.3) is 10.9 Å². The minimum absolute atomic E-state index is 0.00224. The van der Waals surface area contributed by atoms with Gasteiger partial charge in [-0.3, -0.25) is 0 Å². The van der Waals surface area contributed by atoms with E-state index >= 15 is 0 Å². The fourth-order valence-corrected chi connectivity index (χ4v) is 6.54. The molecule has 0 saturated carbocycles. The minimum atomic E-state index is -1.18. The summed E-state index contributed by atoms with van der Waals surface area (Å²) in [7, 11) is 5.81. The van der Waals surface area contributed by atoms with E-state index in [1.165, 1.54) is 5.56 Å². The summed E-state index contributed by atoms with van der Waals surface area (Å²) in [5.74, 6) is 0.156. The van der Waals surface area contributed by atoms with Crippen molar-refractivity contribution in [2.45, 2.75) is 24.4 Å². The van der Waals surface area contributed by atoms with Gasteiger partial charge in [-0.15, -0.1) is 0 Å². The monoisotopic (exact) mass is 608 g/mol. The van der Waals surface area contributed by atoms with Crippen molar-refractivity contribution in [2.24, 2.45) is 5.92 Å². The van der Waals surface area contributed by atoms with Crippen LogP contribution in [0, 0.1) is 5.92 Å². The molecule has 4 nitrogen and oxygen atoms in total. The Morgan fingerprint density at radius 3 is 2.47 bits per heavy atom. The number of nitrogens with zero attached hydrogens (tertiary/aromatic N) is 2. The Balaban J connectivity index is 1.84. The van der Waals surface area contributed by atoms with Crippen molar-refractivity contribution >= 4 is 42.8 Å². The van der Waals surface area contributed by atoms with Gasteiger partial charge in [-0.1, -0.05) is 68.3 Å². The molecule has 0 fully saturated rings. The number of ether oxygens (including phenoxy) is 1. The smallest absolute Gasteiger partial charge is 0.217 e. The van der Waals surface area contributed by atoms with Gasteiger partial charge in [0.15, 0.2) is 0 Å². The van der Waals surface area contributed by atoms with Gasteiger partial charge in [0.25, 0.3) is 0 Å². The van der Waals surface area contributed by atoms with E-state index in [4.69, 9.17) is 9.72 Å². The predicted octanol–water partition coefficient (Wildman–Crippen LogP) is 6.91. The minimum Gasteiger partial charge on any atom is -0.481 e. The third-order valence-corrected chi connectivity index (χ3v) is 8.31. The summed E-state index contributed by atoms with van der Waals surface area (Å²) in [5, 5.41) is 14.1. The van der Waals surface area contributed by atoms with Crippen LogP contribution in [0.3, 0.4) is 0 Å². The Labute approximate surface area is 229 Å². The highest BCUT2D eigenvalue weighted by molar-refractivity contribution is 9.10. The standard InChI is InChI=1S/C30H30Br2N2O2/c1-34(2)18-22-11-9-19-10-12-24(32)17-26(19)30(22,35)28(20-7-5-4-6-8-20)25-16-21-15-23(31)13-14-27(21)33-29(25)36-3/h4-8,10,12-17,22,28,35H,9,11,18H2,1-3H3/t22-,28+,30+/m1/s1. The lowest BCUT2D eigenvalue weighted by molar-refractivity contribution is -0.0581. The van der Waals surface area contributed by atoms with Crippen LogP contribution in [0.2, 0.25) is 0 Å². The molecule has 0 radical (unpaired) electrons. The van der Waals surface area contributed by atoms with Gasteiger partial charge in [0, 0.05) is 38.3 Å². The number of fused-ring (bicyclic) bond motifs is 2. The molecule has 0 unspecified atom stereocenters. The van der Waals surface area contributed by atoms with Gasteiger partial charge < -0.3 is 14.7 Å². The SMILES string of the molecule is COc1nc2ccc(Br)cc2cc1[C@H](c1ccccc1)[C@@]1(O)c2cc(Br)ccc2CC[C@@H]1CN(C)C. The van der Waals surface area contributed by atoms with Gasteiger partial charge >= 0.3 is 0 Å². The fourth-order valence-electron chi connectivity index (χ4n) is 5.80. The van der Waals surface area contributed by atoms with Crippen molar-refractivity contribution in [2.75, 3.05) is 27.7 Å². The van der Waals surface area contributed by atoms with Crippen LogP contribution >= 0.6 is 31.9 Å². The number of aromatic nitrogens is 1. The first-order valence-corrected chi connectivity index (χ1v) is 13.7. The molecule has 1 heterocycles. The van der Waals surface area contributed by atoms with Crippen LogP contribution in [0.4, 0.5) is 0 Å². The van der Waals surface area contributed by atoms with Crippen molar-refractivity contribution in [3.63, 3.8) is 0 Å². The van der Waals surface area contributed by atoms with E-state index in [1.807, 2.05) is 30.3 Å². The predicted molar refractivity (Wildman–Crippen MR) is 153 cm³/mol. The molecule has 3 aromatic carbocycles. The first-order valence-electron chi connectivity index (χ1n) is 12.2. The number of aryl methyl sites for hydroxylation is 1. The number of halogens is 2. The maximum atomic E-state index is 13.1. The molecule has 186 valence electrons. The molecule has 0 amide bonds. The zero-order chi connectivity index (χ0) is 25.4. The highest BCUT2D eigenvalue weighted by Gasteiger charge is 2.50. The molecule has 0 bridgehead atoms. The number of benzene rings is 3. The third-order valence-electron chi connectivity index (χ3n) is 7.32. The number of rotatable bonds is 6. The Morgan fingerprint density at radius 2 is 1.75 bits per heavy atom. The summed E-state index contributed by atoms with van der Waals surface area (Å²) in [6.07, 6.45) is 1.83. The number of methoxy groups -OCH3 is 1. The van der Waals surface area contributed by atoms with Crippen LogP contribution in [-0.4, -0.2) is 42.7 Å². The van der Waals surface area contributed by atoms with Crippen molar-refractivity contribution in [1.29, 1.82) is 0 Å². The molecule has 36 heavy (non-hydrogen) atoms. The second kappa shape index (κ2) is 10.3. The zero-order valence-electron chi connectivity index (χ0n) is 20.7. The molecule has 4 aromatic rings. The van der Waals surface area contributed by atoms with E-state index in [2.05, 4.69) is 93.3 Å². The molecule has 0 aliphatic heterocycles. The number of hydrogen-bond acceptors (Lipinski definition) is 4. The summed E-state index contributed by atoms with van der Waals surface area (Å²) < 4.78 is 7.85. The van der Waals surface area contributed by atoms with Crippen molar-refractivity contribution in [3.05, 3.63) is 104 Å². The molecular weight excluding hydrogens is 580 g/mol. The van der Waals surface area contributed by atoms with Gasteiger partial charge in [0.1, 0.15) is 5.60 Å². The van der Waals surface area contributed by atoms with Crippen molar-refractivity contribution in [1.82, 2.24) is 9.88 Å². The van der Waals surface area contributed by atoms with Gasteiger partial charge in [0.05, 0.1) is 12.6 Å². The lowest BCUT2D eigenvalue weighted by Crippen LogP contribution is -2.48. The van der Waals surface area contributed by atoms with Crippen LogP contribution in [0.1, 0.15) is 34.6 Å². The molecule has 1 aliphatic rings. The number of aliphatic hydroxyl groups is 1. The summed E-state index contributed by atoms with van der Waals surface area (Å²) in [5.41, 5.74) is 3.75. The molecule has 0 saturated heterocycles. The third kappa shape index (κ3) is 4.60. The molecule has 1 N–H and O–H groups in total. The van der Waals surface area contributed by atoms with Crippen LogP contribution in [0.15, 0.2) is 81.7 Å². The maximum absolute atomic E-state index is 13.1.